The number of carbonyl (C=O) groups excluding carboxylic acids is 3. The minimum absolute atomic E-state index is 0.0113. The Labute approximate surface area is 195 Å². The van der Waals surface area contributed by atoms with Crippen molar-refractivity contribution in [2.45, 2.75) is 64.2 Å². The molecular weight excluding hydrogens is 422 g/mol. The summed E-state index contributed by atoms with van der Waals surface area (Å²) >= 11 is 0. The number of rotatable bonds is 7. The molecule has 33 heavy (non-hydrogen) atoms. The second-order valence-electron chi connectivity index (χ2n) is 10.1. The number of carbonyl (C=O) groups is 3. The molecule has 3 saturated heterocycles. The highest BCUT2D eigenvalue weighted by Crippen LogP contribution is 2.65. The van der Waals surface area contributed by atoms with E-state index in [1.165, 1.54) is 0 Å². The van der Waals surface area contributed by atoms with Crippen molar-refractivity contribution in [2.24, 2.45) is 17.8 Å². The summed E-state index contributed by atoms with van der Waals surface area (Å²) in [5.74, 6) is -2.08. The Kier molecular flexibility index (Phi) is 6.03. The zero-order valence-corrected chi connectivity index (χ0v) is 20.1. The van der Waals surface area contributed by atoms with Gasteiger partial charge in [0, 0.05) is 25.9 Å². The summed E-state index contributed by atoms with van der Waals surface area (Å²) in [6.07, 6.45) is 1.63. The highest BCUT2D eigenvalue weighted by molar-refractivity contribution is 6.04. The molecule has 3 fully saturated rings. The number of likely N-dealkylation sites (tertiary alicyclic amines) is 1. The predicted octanol–water partition coefficient (Wildman–Crippen LogP) is 1.77. The summed E-state index contributed by atoms with van der Waals surface area (Å²) in [4.78, 5) is 42.1. The lowest BCUT2D eigenvalue weighted by Crippen LogP contribution is -2.54. The molecule has 6 atom stereocenters. The molecule has 0 radical (unpaired) electrons. The summed E-state index contributed by atoms with van der Waals surface area (Å²) in [5.41, 5.74) is 0.795. The van der Waals surface area contributed by atoms with Crippen LogP contribution < -0.4 is 10.6 Å². The molecule has 1 aromatic rings. The molecule has 3 unspecified atom stereocenters. The van der Waals surface area contributed by atoms with E-state index in [0.717, 1.165) is 11.1 Å². The molecule has 180 valence electrons. The van der Waals surface area contributed by atoms with E-state index in [2.05, 4.69) is 10.6 Å². The van der Waals surface area contributed by atoms with Gasteiger partial charge in [-0.1, -0.05) is 19.1 Å². The number of aliphatic hydroxyl groups excluding tert-OH is 1. The standard InChI is InChI=1S/C25H35N3O5/c1-14-8-9-15(2)17(12-14)27-22(31)20-25-13-16(3)24(4,33-25)18(21(30)26-5)19(25)23(32)28(20)10-6-7-11-29/h8-9,12,16,18-20,29H,6-7,10-11,13H2,1-5H3,(H,26,30)(H,27,31)/t16?,18-,19+,20?,24+,25?/m1/s1. The van der Waals surface area contributed by atoms with E-state index in [9.17, 15) is 19.5 Å². The average Bonchev–Trinajstić information content (AvgIpc) is 3.27. The lowest BCUT2D eigenvalue weighted by atomic mass is 9.62. The van der Waals surface area contributed by atoms with Crippen molar-refractivity contribution in [1.82, 2.24) is 10.2 Å². The van der Waals surface area contributed by atoms with Crippen LogP contribution in [-0.2, 0) is 19.1 Å². The van der Waals surface area contributed by atoms with E-state index in [4.69, 9.17) is 4.74 Å². The van der Waals surface area contributed by atoms with Crippen molar-refractivity contribution in [3.8, 4) is 0 Å². The number of hydrogen-bond donors (Lipinski definition) is 3. The van der Waals surface area contributed by atoms with Gasteiger partial charge < -0.3 is 25.4 Å². The highest BCUT2D eigenvalue weighted by atomic mass is 16.5. The van der Waals surface area contributed by atoms with Crippen LogP contribution in [0.2, 0.25) is 0 Å². The minimum Gasteiger partial charge on any atom is -0.396 e. The number of benzene rings is 1. The summed E-state index contributed by atoms with van der Waals surface area (Å²) < 4.78 is 6.62. The third kappa shape index (κ3) is 3.46. The first-order valence-corrected chi connectivity index (χ1v) is 11.8. The molecule has 0 aromatic heterocycles. The maximum atomic E-state index is 13.8. The SMILES string of the molecule is CNC(=O)[C@H]1[C@H]2C(=O)N(CCCCO)C(C(=O)Nc3cc(C)ccc3C)C23CC(C)[C@]1(C)O3. The molecule has 1 spiro atoms. The van der Waals surface area contributed by atoms with Crippen molar-refractivity contribution in [1.29, 1.82) is 0 Å². The fourth-order valence-corrected chi connectivity index (χ4v) is 6.30. The van der Waals surface area contributed by atoms with Crippen molar-refractivity contribution in [3.05, 3.63) is 29.3 Å². The van der Waals surface area contributed by atoms with E-state index < -0.39 is 29.1 Å². The molecule has 0 aliphatic carbocycles. The number of hydrogen-bond acceptors (Lipinski definition) is 5. The predicted molar refractivity (Wildman–Crippen MR) is 123 cm³/mol. The number of nitrogens with zero attached hydrogens (tertiary/aromatic N) is 1. The van der Waals surface area contributed by atoms with Crippen LogP contribution in [0.15, 0.2) is 18.2 Å². The molecule has 8 heteroatoms. The molecule has 3 N–H and O–H groups in total. The van der Waals surface area contributed by atoms with Crippen LogP contribution in [0.3, 0.4) is 0 Å². The molecule has 3 aliphatic rings. The zero-order chi connectivity index (χ0) is 24.1. The molecule has 3 amide bonds. The maximum Gasteiger partial charge on any atom is 0.250 e. The molecular formula is C25H35N3O5. The van der Waals surface area contributed by atoms with Crippen LogP contribution in [0.1, 0.15) is 44.2 Å². The smallest absolute Gasteiger partial charge is 0.250 e. The first kappa shape index (κ1) is 23.7. The van der Waals surface area contributed by atoms with Gasteiger partial charge in [0.25, 0.3) is 0 Å². The van der Waals surface area contributed by atoms with Gasteiger partial charge in [-0.2, -0.15) is 0 Å². The lowest BCUT2D eigenvalue weighted by Gasteiger charge is -2.36. The summed E-state index contributed by atoms with van der Waals surface area (Å²) in [7, 11) is 1.57. The Morgan fingerprint density at radius 1 is 1.24 bits per heavy atom. The van der Waals surface area contributed by atoms with Gasteiger partial charge in [0.05, 0.1) is 17.4 Å². The van der Waals surface area contributed by atoms with E-state index in [-0.39, 0.29) is 30.2 Å². The molecule has 3 aliphatic heterocycles. The maximum absolute atomic E-state index is 13.8. The van der Waals surface area contributed by atoms with Crippen molar-refractivity contribution < 1.29 is 24.2 Å². The topological polar surface area (TPSA) is 108 Å². The normalized spacial score (nSPS) is 34.5. The molecule has 1 aromatic carbocycles. The van der Waals surface area contributed by atoms with Gasteiger partial charge >= 0.3 is 0 Å². The largest absolute Gasteiger partial charge is 0.396 e. The van der Waals surface area contributed by atoms with Crippen LogP contribution in [0.5, 0.6) is 0 Å². The van der Waals surface area contributed by atoms with Gasteiger partial charge in [-0.3, -0.25) is 14.4 Å². The Bertz CT molecular complexity index is 981. The van der Waals surface area contributed by atoms with Crippen LogP contribution in [0, 0.1) is 31.6 Å². The Morgan fingerprint density at radius 2 is 1.97 bits per heavy atom. The number of aliphatic hydroxyl groups is 1. The second kappa shape index (κ2) is 8.40. The third-order valence-electron chi connectivity index (χ3n) is 8.05. The fourth-order valence-electron chi connectivity index (χ4n) is 6.30. The number of nitrogens with one attached hydrogen (secondary N) is 2. The van der Waals surface area contributed by atoms with Crippen molar-refractivity contribution in [3.63, 3.8) is 0 Å². The average molecular weight is 458 g/mol. The van der Waals surface area contributed by atoms with Crippen LogP contribution in [0.25, 0.3) is 0 Å². The first-order valence-electron chi connectivity index (χ1n) is 11.8. The van der Waals surface area contributed by atoms with Gasteiger partial charge in [-0.25, -0.2) is 0 Å². The van der Waals surface area contributed by atoms with Crippen molar-refractivity contribution in [2.75, 3.05) is 25.5 Å². The fraction of sp³-hybridized carbons (Fsp3) is 0.640. The first-order chi connectivity index (χ1) is 15.6. The Balaban J connectivity index is 1.75. The van der Waals surface area contributed by atoms with Gasteiger partial charge in [0.1, 0.15) is 11.6 Å². The summed E-state index contributed by atoms with van der Waals surface area (Å²) in [6, 6.07) is 5.01. The van der Waals surface area contributed by atoms with Crippen LogP contribution in [0.4, 0.5) is 5.69 Å². The number of unbranched alkanes of at least 4 members (excludes halogenated alkanes) is 1. The molecule has 2 bridgehead atoms. The summed E-state index contributed by atoms with van der Waals surface area (Å²) in [6.45, 7) is 8.16. The molecule has 3 heterocycles. The minimum atomic E-state index is -1.05. The number of aryl methyl sites for hydroxylation is 2. The number of amides is 3. The van der Waals surface area contributed by atoms with Gasteiger partial charge in [-0.05, 0) is 63.1 Å². The van der Waals surface area contributed by atoms with Crippen LogP contribution >= 0.6 is 0 Å². The molecule has 4 rings (SSSR count). The van der Waals surface area contributed by atoms with Gasteiger partial charge in [0.2, 0.25) is 17.7 Å². The number of anilines is 1. The quantitative estimate of drug-likeness (QED) is 0.541. The second-order valence-corrected chi connectivity index (χ2v) is 10.1. The summed E-state index contributed by atoms with van der Waals surface area (Å²) in [5, 5.41) is 15.0. The van der Waals surface area contributed by atoms with Gasteiger partial charge in [0.15, 0.2) is 0 Å². The van der Waals surface area contributed by atoms with E-state index in [1.54, 1.807) is 11.9 Å². The van der Waals surface area contributed by atoms with Crippen molar-refractivity contribution >= 4 is 23.4 Å². The Hall–Kier alpha value is -2.45. The third-order valence-corrected chi connectivity index (χ3v) is 8.05. The Morgan fingerprint density at radius 3 is 2.64 bits per heavy atom. The highest BCUT2D eigenvalue weighted by Gasteiger charge is 2.79. The van der Waals surface area contributed by atoms with Gasteiger partial charge in [-0.15, -0.1) is 0 Å². The van der Waals surface area contributed by atoms with Crippen LogP contribution in [-0.4, -0.2) is 65.2 Å². The monoisotopic (exact) mass is 457 g/mol. The van der Waals surface area contributed by atoms with E-state index in [1.807, 2.05) is 45.9 Å². The van der Waals surface area contributed by atoms with E-state index in [0.29, 0.717) is 31.5 Å². The lowest BCUT2D eigenvalue weighted by molar-refractivity contribution is -0.146. The number of fused-ring (bicyclic) bond motifs is 1. The van der Waals surface area contributed by atoms with E-state index >= 15 is 0 Å². The zero-order valence-electron chi connectivity index (χ0n) is 20.1. The molecule has 8 nitrogen and oxygen atoms in total. The number of ether oxygens (including phenoxy) is 1. The molecule has 0 saturated carbocycles.